The first-order valence-electron chi connectivity index (χ1n) is 20.8. The van der Waals surface area contributed by atoms with Gasteiger partial charge in [0.25, 0.3) is 0 Å². The van der Waals surface area contributed by atoms with Gasteiger partial charge in [-0.1, -0.05) is 61.0 Å². The van der Waals surface area contributed by atoms with Crippen molar-refractivity contribution >= 4 is 45.9 Å². The lowest BCUT2D eigenvalue weighted by Crippen LogP contribution is -2.44. The summed E-state index contributed by atoms with van der Waals surface area (Å²) in [5, 5.41) is 20.7. The number of ether oxygens (including phenoxy) is 2. The molecule has 5 N–H and O–H groups in total. The van der Waals surface area contributed by atoms with Crippen molar-refractivity contribution in [1.82, 2.24) is 20.4 Å². The van der Waals surface area contributed by atoms with E-state index in [1.54, 1.807) is 0 Å². The molecule has 8 rings (SSSR count). The molecule has 3 unspecified atom stereocenters. The van der Waals surface area contributed by atoms with Crippen LogP contribution >= 0.6 is 11.6 Å². The standard InChI is InChI=1S/C46H49ClF2N6O6/c1-26-37-35(24-32(48)40(47)39(37)38-29(44(50)58)13-15-34(41(38)49)60-23-22-56)61-46(26,28-9-4-3-5-10-28)25-51-19-7-8-27-17-20-55(21-18-27)33-12-6-11-30-42(53-54(2)43(30)33)31-14-16-36(57)52-45(31)59/h3-6,9-13,15,24,26-27,31,51,56H,7-8,14,16-23,25H2,1-2H3,(H2,50,58)(H,52,57,59). The maximum Gasteiger partial charge on any atom is 0.249 e. The van der Waals surface area contributed by atoms with Gasteiger partial charge in [0.05, 0.1) is 40.0 Å². The number of aliphatic hydroxyl groups is 1. The Bertz CT molecular complexity index is 2490. The molecule has 12 nitrogen and oxygen atoms in total. The van der Waals surface area contributed by atoms with Crippen molar-refractivity contribution < 1.29 is 37.7 Å². The predicted octanol–water partition coefficient (Wildman–Crippen LogP) is 6.84. The molecule has 3 aliphatic heterocycles. The Morgan fingerprint density at radius 1 is 1.08 bits per heavy atom. The van der Waals surface area contributed by atoms with Gasteiger partial charge in [-0.2, -0.15) is 5.10 Å². The Morgan fingerprint density at radius 2 is 1.85 bits per heavy atom. The van der Waals surface area contributed by atoms with E-state index in [2.05, 4.69) is 21.6 Å². The van der Waals surface area contributed by atoms with Crippen LogP contribution in [0.15, 0.2) is 66.7 Å². The van der Waals surface area contributed by atoms with Gasteiger partial charge >= 0.3 is 0 Å². The van der Waals surface area contributed by atoms with Gasteiger partial charge in [-0.3, -0.25) is 24.4 Å². The van der Waals surface area contributed by atoms with Gasteiger partial charge in [0, 0.05) is 67.2 Å². The van der Waals surface area contributed by atoms with E-state index in [1.807, 2.05) is 61.1 Å². The predicted molar refractivity (Wildman–Crippen MR) is 228 cm³/mol. The highest BCUT2D eigenvalue weighted by Crippen LogP contribution is 2.56. The number of para-hydroxylation sites is 1. The second kappa shape index (κ2) is 17.4. The zero-order valence-corrected chi connectivity index (χ0v) is 34.9. The number of carbonyl (C=O) groups excluding carboxylic acids is 3. The fourth-order valence-electron chi connectivity index (χ4n) is 9.55. The van der Waals surface area contributed by atoms with E-state index in [1.165, 1.54) is 18.2 Å². The number of aromatic nitrogens is 2. The topological polar surface area (TPSA) is 161 Å². The van der Waals surface area contributed by atoms with E-state index < -0.39 is 35.0 Å². The van der Waals surface area contributed by atoms with Gasteiger partial charge in [0.1, 0.15) is 18.2 Å². The van der Waals surface area contributed by atoms with Gasteiger partial charge in [0.15, 0.2) is 17.2 Å². The second-order valence-electron chi connectivity index (χ2n) is 16.2. The molecule has 0 aliphatic carbocycles. The fourth-order valence-corrected chi connectivity index (χ4v) is 9.80. The highest BCUT2D eigenvalue weighted by Gasteiger charge is 2.50. The molecule has 3 atom stereocenters. The summed E-state index contributed by atoms with van der Waals surface area (Å²) in [5.41, 5.74) is 8.17. The maximum atomic E-state index is 16.4. The van der Waals surface area contributed by atoms with E-state index in [-0.39, 0.29) is 58.2 Å². The maximum absolute atomic E-state index is 16.4. The van der Waals surface area contributed by atoms with Gasteiger partial charge in [-0.15, -0.1) is 0 Å². The summed E-state index contributed by atoms with van der Waals surface area (Å²) in [4.78, 5) is 39.6. The molecule has 5 aromatic rings. The first-order valence-corrected chi connectivity index (χ1v) is 21.2. The number of rotatable bonds is 14. The molecule has 61 heavy (non-hydrogen) atoms. The number of imide groups is 1. The lowest BCUT2D eigenvalue weighted by atomic mass is 9.77. The quantitative estimate of drug-likeness (QED) is 0.0693. The van der Waals surface area contributed by atoms with Crippen LogP contribution in [-0.4, -0.2) is 72.0 Å². The third kappa shape index (κ3) is 7.81. The number of nitrogens with two attached hydrogens (primary N) is 1. The lowest BCUT2D eigenvalue weighted by molar-refractivity contribution is -0.134. The summed E-state index contributed by atoms with van der Waals surface area (Å²) in [6.07, 6.45) is 4.70. The molecule has 4 heterocycles. The summed E-state index contributed by atoms with van der Waals surface area (Å²) in [6.45, 7) is 4.12. The molecule has 2 saturated heterocycles. The van der Waals surface area contributed by atoms with E-state index in [0.717, 1.165) is 60.9 Å². The average molecular weight is 855 g/mol. The number of fused-ring (bicyclic) bond motifs is 2. The number of amides is 3. The Morgan fingerprint density at radius 3 is 2.57 bits per heavy atom. The largest absolute Gasteiger partial charge is 0.488 e. The average Bonchev–Trinajstić information content (AvgIpc) is 3.74. The first-order chi connectivity index (χ1) is 29.4. The summed E-state index contributed by atoms with van der Waals surface area (Å²) >= 11 is 6.68. The Kier molecular flexibility index (Phi) is 12.0. The normalized spacial score (nSPS) is 20.5. The number of nitrogens with zero attached hydrogens (tertiary/aromatic N) is 3. The van der Waals surface area contributed by atoms with Crippen LogP contribution in [0.1, 0.15) is 84.5 Å². The number of aryl methyl sites for hydroxylation is 1. The van der Waals surface area contributed by atoms with E-state index in [9.17, 15) is 19.5 Å². The molecule has 4 aromatic carbocycles. The van der Waals surface area contributed by atoms with Gasteiger partial charge < -0.3 is 30.5 Å². The number of hydrogen-bond donors (Lipinski definition) is 4. The molecule has 3 amide bonds. The van der Waals surface area contributed by atoms with Crippen molar-refractivity contribution in [3.8, 4) is 22.6 Å². The van der Waals surface area contributed by atoms with Crippen molar-refractivity contribution in [1.29, 1.82) is 0 Å². The van der Waals surface area contributed by atoms with Crippen LogP contribution in [0, 0.1) is 17.6 Å². The molecule has 0 spiro atoms. The minimum absolute atomic E-state index is 0.0385. The van der Waals surface area contributed by atoms with Crippen molar-refractivity contribution in [2.24, 2.45) is 18.7 Å². The third-order valence-electron chi connectivity index (χ3n) is 12.6. The third-order valence-corrected chi connectivity index (χ3v) is 13.0. The molecule has 2 fully saturated rings. The van der Waals surface area contributed by atoms with Crippen molar-refractivity contribution in [2.75, 3.05) is 44.3 Å². The number of benzene rings is 4. The molecule has 1 aromatic heterocycles. The van der Waals surface area contributed by atoms with Crippen molar-refractivity contribution in [3.63, 3.8) is 0 Å². The van der Waals surface area contributed by atoms with Crippen LogP contribution in [0.2, 0.25) is 5.02 Å². The summed E-state index contributed by atoms with van der Waals surface area (Å²) in [6, 6.07) is 19.5. The molecular formula is C46H49ClF2N6O6. The van der Waals surface area contributed by atoms with E-state index >= 15 is 8.78 Å². The highest BCUT2D eigenvalue weighted by molar-refractivity contribution is 6.34. The van der Waals surface area contributed by atoms with Gasteiger partial charge in [-0.05, 0) is 68.3 Å². The zero-order chi connectivity index (χ0) is 43.0. The van der Waals surface area contributed by atoms with Crippen LogP contribution in [0.5, 0.6) is 11.5 Å². The molecule has 0 bridgehead atoms. The van der Waals surface area contributed by atoms with Crippen LogP contribution in [-0.2, 0) is 22.2 Å². The monoisotopic (exact) mass is 854 g/mol. The van der Waals surface area contributed by atoms with Crippen molar-refractivity contribution in [3.05, 3.63) is 106 Å². The summed E-state index contributed by atoms with van der Waals surface area (Å²) in [7, 11) is 1.90. The number of anilines is 1. The van der Waals surface area contributed by atoms with Gasteiger partial charge in [-0.25, -0.2) is 8.78 Å². The molecule has 0 saturated carbocycles. The molecule has 3 aliphatic rings. The lowest BCUT2D eigenvalue weighted by Gasteiger charge is -2.35. The zero-order valence-electron chi connectivity index (χ0n) is 34.1. The Hall–Kier alpha value is -5.57. The minimum Gasteiger partial charge on any atom is -0.488 e. The number of hydrogen-bond acceptors (Lipinski definition) is 9. The number of nitrogens with one attached hydrogen (secondary N) is 2. The number of carbonyl (C=O) groups is 3. The number of halogens is 3. The molecule has 320 valence electrons. The SMILES string of the molecule is CC1c2c(cc(F)c(Cl)c2-c2c(C(N)=O)ccc(OCCO)c2F)OC1(CNCCCC1CCN(c2cccc3c(C4CCC(=O)NC4=O)nn(C)c23)CC1)c1ccccc1. The van der Waals surface area contributed by atoms with Crippen LogP contribution in [0.4, 0.5) is 14.5 Å². The van der Waals surface area contributed by atoms with Crippen molar-refractivity contribution in [2.45, 2.75) is 62.9 Å². The fraction of sp³-hybridized carbons (Fsp3) is 0.391. The summed E-state index contributed by atoms with van der Waals surface area (Å²) < 4.78 is 46.1. The Labute approximate surface area is 357 Å². The molecule has 0 radical (unpaired) electrons. The number of aliphatic hydroxyl groups excluding tert-OH is 1. The first kappa shape index (κ1) is 42.1. The molecular weight excluding hydrogens is 806 g/mol. The van der Waals surface area contributed by atoms with E-state index in [4.69, 9.17) is 31.9 Å². The second-order valence-corrected chi connectivity index (χ2v) is 16.6. The molecule has 15 heteroatoms. The smallest absolute Gasteiger partial charge is 0.249 e. The number of primary amides is 1. The Balaban J connectivity index is 0.960. The van der Waals surface area contributed by atoms with E-state index in [0.29, 0.717) is 43.1 Å². The highest BCUT2D eigenvalue weighted by atomic mass is 35.5. The van der Waals surface area contributed by atoms with Crippen LogP contribution < -0.4 is 30.7 Å². The number of piperidine rings is 2. The minimum atomic E-state index is -1.06. The van der Waals surface area contributed by atoms with Crippen LogP contribution in [0.25, 0.3) is 22.0 Å². The summed E-state index contributed by atoms with van der Waals surface area (Å²) in [5.74, 6) is -3.80. The van der Waals surface area contributed by atoms with Crippen LogP contribution in [0.3, 0.4) is 0 Å². The van der Waals surface area contributed by atoms with Gasteiger partial charge in [0.2, 0.25) is 17.7 Å².